The third-order valence-electron chi connectivity index (χ3n) is 3.03. The number of ether oxygens (including phenoxy) is 1. The molecule has 1 aromatic rings. The van der Waals surface area contributed by atoms with E-state index in [9.17, 15) is 4.79 Å². The van der Waals surface area contributed by atoms with Crippen LogP contribution < -0.4 is 10.1 Å². The Morgan fingerprint density at radius 3 is 2.71 bits per heavy atom. The van der Waals surface area contributed by atoms with E-state index in [1.807, 2.05) is 13.8 Å². The normalized spacial score (nSPS) is 11.3. The molecule has 0 fully saturated rings. The number of rotatable bonds is 8. The molecule has 2 N–H and O–H groups in total. The number of halogens is 2. The lowest BCUT2D eigenvalue weighted by Crippen LogP contribution is -2.35. The second-order valence-electron chi connectivity index (χ2n) is 5.59. The zero-order chi connectivity index (χ0) is 15.9. The van der Waals surface area contributed by atoms with E-state index in [0.29, 0.717) is 28.8 Å². The van der Waals surface area contributed by atoms with E-state index >= 15 is 0 Å². The molecule has 0 saturated heterocycles. The predicted octanol–water partition coefficient (Wildman–Crippen LogP) is 3.29. The molecule has 1 rings (SSSR count). The maximum absolute atomic E-state index is 11.7. The van der Waals surface area contributed by atoms with Gasteiger partial charge in [0.25, 0.3) is 0 Å². The molecule has 1 aromatic carbocycles. The van der Waals surface area contributed by atoms with Gasteiger partial charge in [0.15, 0.2) is 0 Å². The van der Waals surface area contributed by atoms with Gasteiger partial charge in [-0.15, -0.1) is 0 Å². The number of benzene rings is 1. The Bertz CT molecular complexity index is 478. The first-order valence-corrected chi connectivity index (χ1v) is 7.55. The Labute approximate surface area is 135 Å². The number of aliphatic hydroxyl groups excluding tert-OH is 1. The SMILES string of the molecule is CC(C)(CCO)CNC(=O)CCOc1ccc(Cl)cc1Cl. The topological polar surface area (TPSA) is 58.6 Å². The Hall–Kier alpha value is -0.970. The first kappa shape index (κ1) is 18.1. The van der Waals surface area contributed by atoms with Crippen LogP contribution in [-0.4, -0.2) is 30.8 Å². The lowest BCUT2D eigenvalue weighted by atomic mass is 9.90. The van der Waals surface area contributed by atoms with Gasteiger partial charge in [0.2, 0.25) is 5.91 Å². The van der Waals surface area contributed by atoms with Crippen molar-refractivity contribution in [2.45, 2.75) is 26.7 Å². The van der Waals surface area contributed by atoms with Crippen molar-refractivity contribution in [1.82, 2.24) is 5.32 Å². The van der Waals surface area contributed by atoms with Crippen molar-refractivity contribution in [2.75, 3.05) is 19.8 Å². The minimum atomic E-state index is -0.120. The van der Waals surface area contributed by atoms with Crippen LogP contribution in [0.15, 0.2) is 18.2 Å². The van der Waals surface area contributed by atoms with Crippen molar-refractivity contribution in [1.29, 1.82) is 0 Å². The average Bonchev–Trinajstić information content (AvgIpc) is 2.39. The summed E-state index contributed by atoms with van der Waals surface area (Å²) in [7, 11) is 0. The van der Waals surface area contributed by atoms with Crippen LogP contribution in [0.4, 0.5) is 0 Å². The number of hydrogen-bond acceptors (Lipinski definition) is 3. The zero-order valence-corrected chi connectivity index (χ0v) is 13.8. The van der Waals surface area contributed by atoms with Crippen LogP contribution in [0.3, 0.4) is 0 Å². The molecule has 0 aromatic heterocycles. The molecule has 0 aliphatic heterocycles. The van der Waals surface area contributed by atoms with Gasteiger partial charge in [0, 0.05) is 18.2 Å². The minimum absolute atomic E-state index is 0.0916. The van der Waals surface area contributed by atoms with E-state index in [-0.39, 0.29) is 31.0 Å². The van der Waals surface area contributed by atoms with Crippen molar-refractivity contribution in [3.05, 3.63) is 28.2 Å². The van der Waals surface area contributed by atoms with E-state index in [1.165, 1.54) is 0 Å². The van der Waals surface area contributed by atoms with Gasteiger partial charge in [-0.1, -0.05) is 37.0 Å². The van der Waals surface area contributed by atoms with Gasteiger partial charge in [0.1, 0.15) is 5.75 Å². The van der Waals surface area contributed by atoms with E-state index in [1.54, 1.807) is 18.2 Å². The summed E-state index contributed by atoms with van der Waals surface area (Å²) in [6.07, 6.45) is 0.887. The monoisotopic (exact) mass is 333 g/mol. The summed E-state index contributed by atoms with van der Waals surface area (Å²) in [5, 5.41) is 12.7. The van der Waals surface area contributed by atoms with Crippen molar-refractivity contribution in [3.63, 3.8) is 0 Å². The van der Waals surface area contributed by atoms with Crippen molar-refractivity contribution < 1.29 is 14.6 Å². The molecule has 0 atom stereocenters. The minimum Gasteiger partial charge on any atom is -0.491 e. The van der Waals surface area contributed by atoms with Gasteiger partial charge in [-0.25, -0.2) is 0 Å². The van der Waals surface area contributed by atoms with Gasteiger partial charge in [-0.3, -0.25) is 4.79 Å². The largest absolute Gasteiger partial charge is 0.491 e. The fourth-order valence-electron chi connectivity index (χ4n) is 1.66. The number of aliphatic hydroxyl groups is 1. The average molecular weight is 334 g/mol. The van der Waals surface area contributed by atoms with Gasteiger partial charge in [-0.05, 0) is 30.0 Å². The van der Waals surface area contributed by atoms with Gasteiger partial charge in [-0.2, -0.15) is 0 Å². The molecule has 0 saturated carbocycles. The summed E-state index contributed by atoms with van der Waals surface area (Å²) >= 11 is 11.8. The Balaban J connectivity index is 2.30. The molecule has 1 amide bonds. The number of carbonyl (C=O) groups excluding carboxylic acids is 1. The number of amides is 1. The molecule has 6 heteroatoms. The lowest BCUT2D eigenvalue weighted by Gasteiger charge is -2.23. The van der Waals surface area contributed by atoms with Crippen LogP contribution in [0, 0.1) is 5.41 Å². The fourth-order valence-corrected chi connectivity index (χ4v) is 2.13. The Kier molecular flexibility index (Phi) is 7.29. The second-order valence-corrected chi connectivity index (χ2v) is 6.43. The van der Waals surface area contributed by atoms with Crippen LogP contribution in [-0.2, 0) is 4.79 Å². The standard InChI is InChI=1S/C15H21Cl2NO3/c1-15(2,6-7-19)10-18-14(20)5-8-21-13-4-3-11(16)9-12(13)17/h3-4,9,19H,5-8,10H2,1-2H3,(H,18,20). The molecule has 0 radical (unpaired) electrons. The summed E-state index contributed by atoms with van der Waals surface area (Å²) in [4.78, 5) is 11.7. The molecule has 0 spiro atoms. The van der Waals surface area contributed by atoms with Gasteiger partial charge >= 0.3 is 0 Å². The predicted molar refractivity (Wildman–Crippen MR) is 85.1 cm³/mol. The first-order valence-electron chi connectivity index (χ1n) is 6.79. The maximum Gasteiger partial charge on any atom is 0.223 e. The summed E-state index contributed by atoms with van der Waals surface area (Å²) in [6.45, 7) is 4.86. The Morgan fingerprint density at radius 2 is 2.10 bits per heavy atom. The van der Waals surface area contributed by atoms with E-state index in [4.69, 9.17) is 33.0 Å². The summed E-state index contributed by atoms with van der Waals surface area (Å²) in [5.41, 5.74) is -0.120. The molecule has 118 valence electrons. The molecule has 0 aliphatic rings. The molecular formula is C15H21Cl2NO3. The van der Waals surface area contributed by atoms with Crippen molar-refractivity contribution >= 4 is 29.1 Å². The highest BCUT2D eigenvalue weighted by molar-refractivity contribution is 6.35. The quantitative estimate of drug-likeness (QED) is 0.767. The van der Waals surface area contributed by atoms with E-state index < -0.39 is 0 Å². The molecular weight excluding hydrogens is 313 g/mol. The van der Waals surface area contributed by atoms with Crippen LogP contribution >= 0.6 is 23.2 Å². The molecule has 0 unspecified atom stereocenters. The van der Waals surface area contributed by atoms with Crippen LogP contribution in [0.5, 0.6) is 5.75 Å². The smallest absolute Gasteiger partial charge is 0.223 e. The third kappa shape index (κ3) is 7.02. The van der Waals surface area contributed by atoms with Gasteiger partial charge < -0.3 is 15.2 Å². The van der Waals surface area contributed by atoms with E-state index in [2.05, 4.69) is 5.32 Å². The Morgan fingerprint density at radius 1 is 1.38 bits per heavy atom. The zero-order valence-electron chi connectivity index (χ0n) is 12.3. The molecule has 4 nitrogen and oxygen atoms in total. The molecule has 0 heterocycles. The lowest BCUT2D eigenvalue weighted by molar-refractivity contribution is -0.122. The highest BCUT2D eigenvalue weighted by Gasteiger charge is 2.18. The van der Waals surface area contributed by atoms with Crippen LogP contribution in [0.1, 0.15) is 26.7 Å². The van der Waals surface area contributed by atoms with Crippen LogP contribution in [0.2, 0.25) is 10.0 Å². The summed E-state index contributed by atoms with van der Waals surface area (Å²) < 4.78 is 5.45. The van der Waals surface area contributed by atoms with Gasteiger partial charge in [0.05, 0.1) is 18.1 Å². The molecule has 0 bridgehead atoms. The number of hydrogen-bond donors (Lipinski definition) is 2. The third-order valence-corrected chi connectivity index (χ3v) is 3.56. The van der Waals surface area contributed by atoms with E-state index in [0.717, 1.165) is 0 Å². The highest BCUT2D eigenvalue weighted by Crippen LogP contribution is 2.27. The maximum atomic E-state index is 11.7. The fraction of sp³-hybridized carbons (Fsp3) is 0.533. The summed E-state index contributed by atoms with van der Waals surface area (Å²) in [5.74, 6) is 0.417. The highest BCUT2D eigenvalue weighted by atomic mass is 35.5. The first-order chi connectivity index (χ1) is 9.84. The number of nitrogens with one attached hydrogen (secondary N) is 1. The van der Waals surface area contributed by atoms with Crippen molar-refractivity contribution in [3.8, 4) is 5.75 Å². The molecule has 0 aliphatic carbocycles. The van der Waals surface area contributed by atoms with Crippen molar-refractivity contribution in [2.24, 2.45) is 5.41 Å². The summed E-state index contributed by atoms with van der Waals surface area (Å²) in [6, 6.07) is 4.95. The second kappa shape index (κ2) is 8.47. The number of carbonyl (C=O) groups is 1. The van der Waals surface area contributed by atoms with Crippen LogP contribution in [0.25, 0.3) is 0 Å². The molecule has 21 heavy (non-hydrogen) atoms.